The van der Waals surface area contributed by atoms with Crippen molar-refractivity contribution in [3.05, 3.63) is 58.7 Å². The second-order valence-corrected chi connectivity index (χ2v) is 5.60. The first-order valence-corrected chi connectivity index (χ1v) is 7.52. The molecule has 7 heteroatoms. The summed E-state index contributed by atoms with van der Waals surface area (Å²) in [4.78, 5) is 25.8. The molecule has 2 aliphatic rings. The van der Waals surface area contributed by atoms with Crippen LogP contribution in [0, 0.1) is 0 Å². The van der Waals surface area contributed by atoms with Crippen molar-refractivity contribution in [2.45, 2.75) is 0 Å². The molecule has 1 N–H and O–H groups in total. The first kappa shape index (κ1) is 14.6. The molecule has 6 nitrogen and oxygen atoms in total. The molecule has 2 heterocycles. The van der Waals surface area contributed by atoms with Crippen molar-refractivity contribution in [3.8, 4) is 11.5 Å². The number of imide groups is 1. The lowest BCUT2D eigenvalue weighted by atomic mass is 10.1. The van der Waals surface area contributed by atoms with Crippen molar-refractivity contribution in [2.75, 3.05) is 11.7 Å². The van der Waals surface area contributed by atoms with Gasteiger partial charge < -0.3 is 14.8 Å². The third-order valence-electron chi connectivity index (χ3n) is 3.68. The fraction of sp³-hybridized carbons (Fsp3) is 0.0588. The van der Waals surface area contributed by atoms with Gasteiger partial charge in [0.1, 0.15) is 5.70 Å². The van der Waals surface area contributed by atoms with E-state index in [0.29, 0.717) is 27.8 Å². The maximum Gasteiger partial charge on any atom is 0.333 e. The van der Waals surface area contributed by atoms with Gasteiger partial charge in [-0.25, -0.2) is 9.69 Å². The predicted octanol–water partition coefficient (Wildman–Crippen LogP) is 3.17. The van der Waals surface area contributed by atoms with Crippen molar-refractivity contribution in [1.82, 2.24) is 5.32 Å². The van der Waals surface area contributed by atoms with Gasteiger partial charge in [-0.3, -0.25) is 4.79 Å². The maximum atomic E-state index is 12.5. The molecule has 0 bridgehead atoms. The van der Waals surface area contributed by atoms with Crippen molar-refractivity contribution in [2.24, 2.45) is 0 Å². The lowest BCUT2D eigenvalue weighted by molar-refractivity contribution is -0.113. The van der Waals surface area contributed by atoms with Crippen LogP contribution in [0.5, 0.6) is 11.5 Å². The number of anilines is 1. The summed E-state index contributed by atoms with van der Waals surface area (Å²) in [5.74, 6) is 0.651. The third-order valence-corrected chi connectivity index (χ3v) is 4.01. The second-order valence-electron chi connectivity index (χ2n) is 5.19. The van der Waals surface area contributed by atoms with Crippen LogP contribution in [-0.2, 0) is 4.79 Å². The Morgan fingerprint density at radius 1 is 1.08 bits per heavy atom. The average molecular weight is 343 g/mol. The van der Waals surface area contributed by atoms with Crippen LogP contribution in [-0.4, -0.2) is 18.7 Å². The quantitative estimate of drug-likeness (QED) is 0.672. The van der Waals surface area contributed by atoms with E-state index in [4.69, 9.17) is 21.1 Å². The van der Waals surface area contributed by atoms with Crippen LogP contribution < -0.4 is 19.7 Å². The summed E-state index contributed by atoms with van der Waals surface area (Å²) in [5.41, 5.74) is 1.20. The molecule has 3 amide bonds. The summed E-state index contributed by atoms with van der Waals surface area (Å²) in [6.07, 6.45) is 1.52. The number of halogens is 1. The first-order valence-electron chi connectivity index (χ1n) is 7.15. The smallest absolute Gasteiger partial charge is 0.333 e. The van der Waals surface area contributed by atoms with Crippen LogP contribution in [0.25, 0.3) is 6.08 Å². The van der Waals surface area contributed by atoms with E-state index < -0.39 is 11.9 Å². The van der Waals surface area contributed by atoms with Gasteiger partial charge in [0.05, 0.1) is 10.7 Å². The monoisotopic (exact) mass is 342 g/mol. The minimum absolute atomic E-state index is 0.128. The molecule has 2 aromatic carbocycles. The molecular weight excluding hydrogens is 332 g/mol. The van der Waals surface area contributed by atoms with Crippen LogP contribution in [0.4, 0.5) is 10.5 Å². The van der Waals surface area contributed by atoms with E-state index in [1.165, 1.54) is 6.08 Å². The molecule has 2 aromatic rings. The standard InChI is InChI=1S/C17H11ClN2O4/c18-12-8-15-14(23-9-24-15)7-10(12)6-13-16(21)20(17(22)19-13)11-4-2-1-3-5-11/h1-8H,9H2,(H,19,22)/b13-6+. The van der Waals surface area contributed by atoms with Crippen LogP contribution in [0.1, 0.15) is 5.56 Å². The number of rotatable bonds is 2. The predicted molar refractivity (Wildman–Crippen MR) is 88.0 cm³/mol. The van der Waals surface area contributed by atoms with E-state index in [-0.39, 0.29) is 12.5 Å². The third kappa shape index (κ3) is 2.37. The number of nitrogens with one attached hydrogen (secondary N) is 1. The zero-order chi connectivity index (χ0) is 16.7. The highest BCUT2D eigenvalue weighted by molar-refractivity contribution is 6.33. The number of benzene rings is 2. The molecule has 1 fully saturated rings. The lowest BCUT2D eigenvalue weighted by Crippen LogP contribution is -2.30. The van der Waals surface area contributed by atoms with E-state index in [0.717, 1.165) is 4.90 Å². The lowest BCUT2D eigenvalue weighted by Gasteiger charge is -2.10. The van der Waals surface area contributed by atoms with Gasteiger partial charge in [-0.2, -0.15) is 0 Å². The molecule has 0 radical (unpaired) electrons. The van der Waals surface area contributed by atoms with Crippen LogP contribution in [0.2, 0.25) is 5.02 Å². The number of amides is 3. The fourth-order valence-electron chi connectivity index (χ4n) is 2.55. The molecule has 4 rings (SSSR count). The number of hydrogen-bond donors (Lipinski definition) is 1. The van der Waals surface area contributed by atoms with E-state index in [2.05, 4.69) is 5.32 Å². The topological polar surface area (TPSA) is 67.9 Å². The number of fused-ring (bicyclic) bond motifs is 1. The number of carbonyl (C=O) groups is 2. The number of carbonyl (C=O) groups excluding carboxylic acids is 2. The Kier molecular flexibility index (Phi) is 3.39. The number of nitrogens with zero attached hydrogens (tertiary/aromatic N) is 1. The summed E-state index contributed by atoms with van der Waals surface area (Å²) in [5, 5.41) is 2.96. The largest absolute Gasteiger partial charge is 0.454 e. The van der Waals surface area contributed by atoms with E-state index in [9.17, 15) is 9.59 Å². The van der Waals surface area contributed by atoms with Gasteiger partial charge in [0.25, 0.3) is 5.91 Å². The van der Waals surface area contributed by atoms with Gasteiger partial charge in [-0.1, -0.05) is 29.8 Å². The van der Waals surface area contributed by atoms with Crippen molar-refractivity contribution in [3.63, 3.8) is 0 Å². The zero-order valence-corrected chi connectivity index (χ0v) is 13.0. The number of para-hydroxylation sites is 1. The molecule has 0 saturated carbocycles. The Hall–Kier alpha value is -2.99. The molecule has 1 saturated heterocycles. The highest BCUT2D eigenvalue weighted by atomic mass is 35.5. The molecule has 24 heavy (non-hydrogen) atoms. The minimum atomic E-state index is -0.505. The molecule has 0 atom stereocenters. The van der Waals surface area contributed by atoms with Crippen LogP contribution in [0.15, 0.2) is 48.2 Å². The van der Waals surface area contributed by atoms with Gasteiger partial charge >= 0.3 is 6.03 Å². The van der Waals surface area contributed by atoms with E-state index in [1.54, 1.807) is 36.4 Å². The maximum absolute atomic E-state index is 12.5. The summed E-state index contributed by atoms with van der Waals surface area (Å²) in [6.45, 7) is 0.128. The van der Waals surface area contributed by atoms with Crippen molar-refractivity contribution in [1.29, 1.82) is 0 Å². The Bertz CT molecular complexity index is 880. The minimum Gasteiger partial charge on any atom is -0.454 e. The highest BCUT2D eigenvalue weighted by Gasteiger charge is 2.35. The Labute approximate surface area is 142 Å². The normalized spacial score (nSPS) is 17.5. The SMILES string of the molecule is O=C1N/C(=C/c2cc3c(cc2Cl)OCO3)C(=O)N1c1ccccc1. The Morgan fingerprint density at radius 3 is 2.54 bits per heavy atom. The summed E-state index contributed by atoms with van der Waals surface area (Å²) in [6, 6.07) is 11.5. The summed E-state index contributed by atoms with van der Waals surface area (Å²) >= 11 is 6.21. The number of hydrogen-bond acceptors (Lipinski definition) is 4. The molecule has 0 aromatic heterocycles. The Morgan fingerprint density at radius 2 is 1.79 bits per heavy atom. The molecule has 0 aliphatic carbocycles. The summed E-state index contributed by atoms with van der Waals surface area (Å²) in [7, 11) is 0. The summed E-state index contributed by atoms with van der Waals surface area (Å²) < 4.78 is 10.5. The molecule has 2 aliphatic heterocycles. The highest BCUT2D eigenvalue weighted by Crippen LogP contribution is 2.37. The molecule has 0 spiro atoms. The van der Waals surface area contributed by atoms with Crippen LogP contribution >= 0.6 is 11.6 Å². The molecular formula is C17H11ClN2O4. The molecule has 0 unspecified atom stereocenters. The molecule has 120 valence electrons. The number of ether oxygens (including phenoxy) is 2. The Balaban J connectivity index is 1.70. The van der Waals surface area contributed by atoms with Gasteiger partial charge in [0.15, 0.2) is 11.5 Å². The van der Waals surface area contributed by atoms with E-state index in [1.807, 2.05) is 6.07 Å². The van der Waals surface area contributed by atoms with Crippen molar-refractivity contribution < 1.29 is 19.1 Å². The van der Waals surface area contributed by atoms with Crippen molar-refractivity contribution >= 4 is 35.3 Å². The second kappa shape index (κ2) is 5.58. The zero-order valence-electron chi connectivity index (χ0n) is 12.3. The van der Waals surface area contributed by atoms with Gasteiger partial charge in [-0.05, 0) is 29.8 Å². The fourth-order valence-corrected chi connectivity index (χ4v) is 2.75. The van der Waals surface area contributed by atoms with Crippen LogP contribution in [0.3, 0.4) is 0 Å². The number of urea groups is 1. The van der Waals surface area contributed by atoms with Gasteiger partial charge in [0.2, 0.25) is 6.79 Å². The first-order chi connectivity index (χ1) is 11.6. The average Bonchev–Trinajstić information content (AvgIpc) is 3.13. The van der Waals surface area contributed by atoms with E-state index >= 15 is 0 Å². The van der Waals surface area contributed by atoms with Gasteiger partial charge in [-0.15, -0.1) is 0 Å². The van der Waals surface area contributed by atoms with Gasteiger partial charge in [0, 0.05) is 6.07 Å².